The molecule has 0 aliphatic carbocycles. The Hall–Kier alpha value is -1.76. The Morgan fingerprint density at radius 3 is 2.83 bits per heavy atom. The summed E-state index contributed by atoms with van der Waals surface area (Å²) in [4.78, 5) is 25.5. The molecular formula is C15H22ClN3O4. The third kappa shape index (κ3) is 4.86. The summed E-state index contributed by atoms with van der Waals surface area (Å²) in [5.41, 5.74) is -0.311. The van der Waals surface area contributed by atoms with E-state index in [1.807, 2.05) is 20.8 Å². The fourth-order valence-corrected chi connectivity index (χ4v) is 2.54. The zero-order valence-electron chi connectivity index (χ0n) is 13.6. The van der Waals surface area contributed by atoms with Crippen LogP contribution in [0.15, 0.2) is 12.3 Å². The lowest BCUT2D eigenvalue weighted by Crippen LogP contribution is -2.43. The molecule has 0 aromatic carbocycles. The number of rotatable bonds is 3. The van der Waals surface area contributed by atoms with E-state index < -0.39 is 11.6 Å². The van der Waals surface area contributed by atoms with Crippen LogP contribution in [0.25, 0.3) is 0 Å². The van der Waals surface area contributed by atoms with Gasteiger partial charge in [0.2, 0.25) is 0 Å². The zero-order chi connectivity index (χ0) is 17.0. The van der Waals surface area contributed by atoms with Gasteiger partial charge in [-0.15, -0.1) is 0 Å². The van der Waals surface area contributed by atoms with Gasteiger partial charge >= 0.3 is 12.1 Å². The summed E-state index contributed by atoms with van der Waals surface area (Å²) >= 11 is 5.37. The van der Waals surface area contributed by atoms with Crippen LogP contribution in [0, 0.1) is 0 Å². The zero-order valence-corrected chi connectivity index (χ0v) is 14.4. The van der Waals surface area contributed by atoms with Gasteiger partial charge in [0, 0.05) is 19.3 Å². The monoisotopic (exact) mass is 343 g/mol. The average Bonchev–Trinajstić information content (AvgIpc) is 2.96. The quantitative estimate of drug-likeness (QED) is 0.623. The molecule has 1 atom stereocenters. The van der Waals surface area contributed by atoms with Gasteiger partial charge in [0.15, 0.2) is 11.8 Å². The average molecular weight is 344 g/mol. The highest BCUT2D eigenvalue weighted by molar-refractivity contribution is 6.17. The molecule has 2 rings (SSSR count). The van der Waals surface area contributed by atoms with E-state index in [0.29, 0.717) is 13.1 Å². The minimum Gasteiger partial charge on any atom is -0.445 e. The fraction of sp³-hybridized carbons (Fsp3) is 0.667. The molecule has 0 bridgehead atoms. The van der Waals surface area contributed by atoms with Crippen LogP contribution in [-0.2, 0) is 9.47 Å². The molecule has 1 aliphatic rings. The van der Waals surface area contributed by atoms with Crippen LogP contribution in [0.4, 0.5) is 4.79 Å². The number of amides is 1. The van der Waals surface area contributed by atoms with Crippen LogP contribution in [0.5, 0.6) is 0 Å². The number of likely N-dealkylation sites (tertiary alicyclic amines) is 1. The molecule has 23 heavy (non-hydrogen) atoms. The SMILES string of the molecule is CC(C)(C)OC(=O)N1CCCC(n2ccc(C(=O)OCCl)n2)C1. The predicted molar refractivity (Wildman–Crippen MR) is 84.4 cm³/mol. The molecule has 2 heterocycles. The first-order chi connectivity index (χ1) is 10.8. The molecule has 1 aromatic rings. The Labute approximate surface area is 140 Å². The molecular weight excluding hydrogens is 322 g/mol. The normalized spacial score (nSPS) is 18.6. The molecule has 1 aliphatic heterocycles. The Morgan fingerprint density at radius 2 is 2.17 bits per heavy atom. The molecule has 128 valence electrons. The number of nitrogens with zero attached hydrogens (tertiary/aromatic N) is 3. The first kappa shape index (κ1) is 17.6. The summed E-state index contributed by atoms with van der Waals surface area (Å²) < 4.78 is 11.8. The van der Waals surface area contributed by atoms with Crippen molar-refractivity contribution in [3.8, 4) is 0 Å². The summed E-state index contributed by atoms with van der Waals surface area (Å²) in [5, 5.41) is 4.23. The van der Waals surface area contributed by atoms with E-state index >= 15 is 0 Å². The Kier molecular flexibility index (Phi) is 5.51. The number of hydrogen-bond acceptors (Lipinski definition) is 5. The minimum absolute atomic E-state index is 0.00817. The number of carbonyl (C=O) groups excluding carboxylic acids is 2. The van der Waals surface area contributed by atoms with Gasteiger partial charge in [-0.3, -0.25) is 4.68 Å². The van der Waals surface area contributed by atoms with Crippen LogP contribution < -0.4 is 0 Å². The van der Waals surface area contributed by atoms with Gasteiger partial charge in [0.25, 0.3) is 0 Å². The first-order valence-corrected chi connectivity index (χ1v) is 8.10. The summed E-state index contributed by atoms with van der Waals surface area (Å²) in [5.74, 6) is -0.557. The van der Waals surface area contributed by atoms with Crippen molar-refractivity contribution in [3.05, 3.63) is 18.0 Å². The number of esters is 1. The van der Waals surface area contributed by atoms with E-state index in [0.717, 1.165) is 12.8 Å². The number of halogens is 1. The fourth-order valence-electron chi connectivity index (χ4n) is 2.44. The second kappa shape index (κ2) is 7.21. The van der Waals surface area contributed by atoms with Crippen LogP contribution in [-0.4, -0.2) is 51.5 Å². The number of carbonyl (C=O) groups is 2. The molecule has 1 fully saturated rings. The van der Waals surface area contributed by atoms with Crippen molar-refractivity contribution in [2.45, 2.75) is 45.3 Å². The summed E-state index contributed by atoms with van der Waals surface area (Å²) in [7, 11) is 0. The van der Waals surface area contributed by atoms with Crippen LogP contribution in [0.1, 0.15) is 50.1 Å². The number of alkyl halides is 1. The van der Waals surface area contributed by atoms with Gasteiger partial charge in [-0.2, -0.15) is 5.10 Å². The van der Waals surface area contributed by atoms with E-state index in [4.69, 9.17) is 21.1 Å². The largest absolute Gasteiger partial charge is 0.445 e. The smallest absolute Gasteiger partial charge is 0.410 e. The van der Waals surface area contributed by atoms with Crippen molar-refractivity contribution in [1.29, 1.82) is 0 Å². The summed E-state index contributed by atoms with van der Waals surface area (Å²) in [6, 6.07) is 1.39. The van der Waals surface area contributed by atoms with Gasteiger partial charge in [-0.25, -0.2) is 9.59 Å². The topological polar surface area (TPSA) is 73.7 Å². The van der Waals surface area contributed by atoms with Crippen LogP contribution in [0.3, 0.4) is 0 Å². The third-order valence-electron chi connectivity index (χ3n) is 3.43. The number of aromatic nitrogens is 2. The van der Waals surface area contributed by atoms with Crippen molar-refractivity contribution in [1.82, 2.24) is 14.7 Å². The standard InChI is InChI=1S/C15H22ClN3O4/c1-15(2,3)23-14(21)18-7-4-5-11(9-18)19-8-6-12(17-19)13(20)22-10-16/h6,8,11H,4-5,7,9-10H2,1-3H3. The molecule has 7 nitrogen and oxygen atoms in total. The summed E-state index contributed by atoms with van der Waals surface area (Å²) in [6.45, 7) is 6.69. The molecule has 0 radical (unpaired) electrons. The van der Waals surface area contributed by atoms with E-state index in [-0.39, 0.29) is 23.9 Å². The number of hydrogen-bond donors (Lipinski definition) is 0. The van der Waals surface area contributed by atoms with E-state index in [1.54, 1.807) is 21.8 Å². The Bertz CT molecular complexity index is 567. The number of piperidine rings is 1. The maximum Gasteiger partial charge on any atom is 0.410 e. The lowest BCUT2D eigenvalue weighted by Gasteiger charge is -2.34. The van der Waals surface area contributed by atoms with Crippen molar-refractivity contribution in [2.75, 3.05) is 19.2 Å². The molecule has 8 heteroatoms. The molecule has 1 saturated heterocycles. The lowest BCUT2D eigenvalue weighted by atomic mass is 10.1. The van der Waals surface area contributed by atoms with E-state index in [2.05, 4.69) is 5.10 Å². The highest BCUT2D eigenvalue weighted by atomic mass is 35.5. The second-order valence-electron chi connectivity index (χ2n) is 6.44. The van der Waals surface area contributed by atoms with E-state index in [1.165, 1.54) is 0 Å². The molecule has 1 unspecified atom stereocenters. The van der Waals surface area contributed by atoms with Gasteiger partial charge in [-0.05, 0) is 39.7 Å². The minimum atomic E-state index is -0.557. The van der Waals surface area contributed by atoms with E-state index in [9.17, 15) is 9.59 Å². The van der Waals surface area contributed by atoms with Gasteiger partial charge in [-0.1, -0.05) is 11.6 Å². The van der Waals surface area contributed by atoms with Crippen molar-refractivity contribution in [2.24, 2.45) is 0 Å². The maximum absolute atomic E-state index is 12.2. The highest BCUT2D eigenvalue weighted by Gasteiger charge is 2.29. The predicted octanol–water partition coefficient (Wildman–Crippen LogP) is 2.81. The van der Waals surface area contributed by atoms with Gasteiger partial charge in [0.05, 0.1) is 6.04 Å². The van der Waals surface area contributed by atoms with Crippen molar-refractivity contribution < 1.29 is 19.1 Å². The van der Waals surface area contributed by atoms with Crippen molar-refractivity contribution >= 4 is 23.7 Å². The highest BCUT2D eigenvalue weighted by Crippen LogP contribution is 2.23. The molecule has 1 amide bonds. The molecule has 0 saturated carbocycles. The van der Waals surface area contributed by atoms with Gasteiger partial charge < -0.3 is 14.4 Å². The maximum atomic E-state index is 12.2. The summed E-state index contributed by atoms with van der Waals surface area (Å²) in [6.07, 6.45) is 3.13. The molecule has 0 N–H and O–H groups in total. The lowest BCUT2D eigenvalue weighted by molar-refractivity contribution is 0.0166. The Balaban J connectivity index is 2.01. The second-order valence-corrected chi connectivity index (χ2v) is 6.66. The van der Waals surface area contributed by atoms with Crippen LogP contribution in [0.2, 0.25) is 0 Å². The number of ether oxygens (including phenoxy) is 2. The van der Waals surface area contributed by atoms with Gasteiger partial charge in [0.1, 0.15) is 5.60 Å². The molecule has 0 spiro atoms. The third-order valence-corrected chi connectivity index (χ3v) is 3.53. The first-order valence-electron chi connectivity index (χ1n) is 7.56. The Morgan fingerprint density at radius 1 is 1.43 bits per heavy atom. The van der Waals surface area contributed by atoms with Crippen molar-refractivity contribution in [3.63, 3.8) is 0 Å². The molecule has 1 aromatic heterocycles. The van der Waals surface area contributed by atoms with Crippen LogP contribution >= 0.6 is 11.6 Å².